The van der Waals surface area contributed by atoms with Crippen LogP contribution in [0.3, 0.4) is 0 Å². The van der Waals surface area contributed by atoms with E-state index < -0.39 is 5.91 Å². The molecule has 1 unspecified atom stereocenters. The van der Waals surface area contributed by atoms with E-state index in [4.69, 9.17) is 5.73 Å². The standard InChI is InChI=1S/C15H21N3O2/c16-14(19)11-18(13-7-4-8-17-10-13)15(20)9-12-5-2-1-3-6-12/h1-3,5-6,13,17H,4,7-11H2,(H2,16,19). The Kier molecular flexibility index (Phi) is 5.12. The monoisotopic (exact) mass is 275 g/mol. The number of hydrogen-bond donors (Lipinski definition) is 2. The van der Waals surface area contributed by atoms with Crippen LogP contribution in [0.4, 0.5) is 0 Å². The number of nitrogens with zero attached hydrogens (tertiary/aromatic N) is 1. The van der Waals surface area contributed by atoms with Crippen LogP contribution in [-0.4, -0.2) is 42.4 Å². The van der Waals surface area contributed by atoms with E-state index in [0.29, 0.717) is 6.42 Å². The van der Waals surface area contributed by atoms with Gasteiger partial charge in [-0.25, -0.2) is 0 Å². The number of rotatable bonds is 5. The smallest absolute Gasteiger partial charge is 0.237 e. The molecule has 108 valence electrons. The lowest BCUT2D eigenvalue weighted by atomic mass is 10.0. The van der Waals surface area contributed by atoms with Gasteiger partial charge in [-0.3, -0.25) is 9.59 Å². The van der Waals surface area contributed by atoms with E-state index in [0.717, 1.165) is 31.5 Å². The molecule has 1 heterocycles. The molecule has 5 heteroatoms. The van der Waals surface area contributed by atoms with Crippen LogP contribution in [0.2, 0.25) is 0 Å². The zero-order valence-electron chi connectivity index (χ0n) is 11.5. The molecule has 3 N–H and O–H groups in total. The summed E-state index contributed by atoms with van der Waals surface area (Å²) in [7, 11) is 0. The molecule has 0 bridgehead atoms. The van der Waals surface area contributed by atoms with Crippen molar-refractivity contribution in [2.24, 2.45) is 5.73 Å². The maximum atomic E-state index is 12.4. The molecule has 1 fully saturated rings. The van der Waals surface area contributed by atoms with Crippen molar-refractivity contribution in [1.82, 2.24) is 10.2 Å². The van der Waals surface area contributed by atoms with Crippen LogP contribution in [0.25, 0.3) is 0 Å². The first-order valence-electron chi connectivity index (χ1n) is 6.99. The van der Waals surface area contributed by atoms with Crippen molar-refractivity contribution in [2.45, 2.75) is 25.3 Å². The number of hydrogen-bond acceptors (Lipinski definition) is 3. The van der Waals surface area contributed by atoms with Gasteiger partial charge in [0, 0.05) is 12.6 Å². The third kappa shape index (κ3) is 4.06. The van der Waals surface area contributed by atoms with Gasteiger partial charge in [-0.2, -0.15) is 0 Å². The van der Waals surface area contributed by atoms with Gasteiger partial charge in [0.15, 0.2) is 0 Å². The normalized spacial score (nSPS) is 18.5. The Labute approximate surface area is 119 Å². The van der Waals surface area contributed by atoms with E-state index in [9.17, 15) is 9.59 Å². The number of benzene rings is 1. The molecule has 1 aliphatic heterocycles. The lowest BCUT2D eigenvalue weighted by Crippen LogP contribution is -2.51. The molecule has 1 aromatic rings. The zero-order valence-corrected chi connectivity index (χ0v) is 11.5. The summed E-state index contributed by atoms with van der Waals surface area (Å²) in [5, 5.41) is 3.26. The summed E-state index contributed by atoms with van der Waals surface area (Å²) in [5.74, 6) is -0.499. The fourth-order valence-corrected chi connectivity index (χ4v) is 2.56. The summed E-state index contributed by atoms with van der Waals surface area (Å²) in [6.45, 7) is 1.69. The van der Waals surface area contributed by atoms with Crippen molar-refractivity contribution in [2.75, 3.05) is 19.6 Å². The Hall–Kier alpha value is -1.88. The highest BCUT2D eigenvalue weighted by molar-refractivity contribution is 5.85. The highest BCUT2D eigenvalue weighted by Gasteiger charge is 2.26. The number of amides is 2. The quantitative estimate of drug-likeness (QED) is 0.811. The van der Waals surface area contributed by atoms with Crippen molar-refractivity contribution < 1.29 is 9.59 Å². The topological polar surface area (TPSA) is 75.4 Å². The Morgan fingerprint density at radius 2 is 2.05 bits per heavy atom. The summed E-state index contributed by atoms with van der Waals surface area (Å²) < 4.78 is 0. The molecule has 1 aromatic carbocycles. The van der Waals surface area contributed by atoms with Gasteiger partial charge >= 0.3 is 0 Å². The van der Waals surface area contributed by atoms with Gasteiger partial charge in [-0.05, 0) is 24.9 Å². The molecule has 0 spiro atoms. The molecule has 5 nitrogen and oxygen atoms in total. The minimum absolute atomic E-state index is 0.00197. The third-order valence-corrected chi connectivity index (χ3v) is 3.56. The van der Waals surface area contributed by atoms with Crippen LogP contribution in [0.5, 0.6) is 0 Å². The summed E-state index contributed by atoms with van der Waals surface area (Å²) in [5.41, 5.74) is 6.23. The number of primary amides is 1. The van der Waals surface area contributed by atoms with Crippen LogP contribution >= 0.6 is 0 Å². The van der Waals surface area contributed by atoms with Gasteiger partial charge in [0.25, 0.3) is 0 Å². The molecule has 0 radical (unpaired) electrons. The predicted molar refractivity (Wildman–Crippen MR) is 76.9 cm³/mol. The van der Waals surface area contributed by atoms with Crippen LogP contribution in [0.15, 0.2) is 30.3 Å². The Bertz CT molecular complexity index is 455. The lowest BCUT2D eigenvalue weighted by Gasteiger charge is -2.34. The summed E-state index contributed by atoms with van der Waals surface area (Å²) in [4.78, 5) is 25.3. The summed E-state index contributed by atoms with van der Waals surface area (Å²) in [6.07, 6.45) is 2.24. The van der Waals surface area contributed by atoms with Crippen molar-refractivity contribution in [3.05, 3.63) is 35.9 Å². The third-order valence-electron chi connectivity index (χ3n) is 3.56. The zero-order chi connectivity index (χ0) is 14.4. The average molecular weight is 275 g/mol. The average Bonchev–Trinajstić information content (AvgIpc) is 2.46. The van der Waals surface area contributed by atoms with Crippen molar-refractivity contribution >= 4 is 11.8 Å². The second-order valence-corrected chi connectivity index (χ2v) is 5.15. The molecule has 0 aliphatic carbocycles. The summed E-state index contributed by atoms with van der Waals surface area (Å²) >= 11 is 0. The van der Waals surface area contributed by atoms with Crippen LogP contribution in [0.1, 0.15) is 18.4 Å². The van der Waals surface area contributed by atoms with Crippen molar-refractivity contribution in [3.8, 4) is 0 Å². The molecule has 1 saturated heterocycles. The SMILES string of the molecule is NC(=O)CN(C(=O)Cc1ccccc1)C1CCCNC1. The molecular formula is C15H21N3O2. The minimum atomic E-state index is -0.461. The van der Waals surface area contributed by atoms with Gasteiger partial charge in [0.2, 0.25) is 11.8 Å². The maximum absolute atomic E-state index is 12.4. The fraction of sp³-hybridized carbons (Fsp3) is 0.467. The molecule has 20 heavy (non-hydrogen) atoms. The maximum Gasteiger partial charge on any atom is 0.237 e. The molecule has 0 saturated carbocycles. The number of nitrogens with one attached hydrogen (secondary N) is 1. The number of piperidine rings is 1. The van der Waals surface area contributed by atoms with Gasteiger partial charge in [0.05, 0.1) is 13.0 Å². The first-order valence-corrected chi connectivity index (χ1v) is 6.99. The fourth-order valence-electron chi connectivity index (χ4n) is 2.56. The van der Waals surface area contributed by atoms with Crippen LogP contribution in [0, 0.1) is 0 Å². The molecule has 0 aromatic heterocycles. The number of carbonyl (C=O) groups is 2. The van der Waals surface area contributed by atoms with E-state index in [1.165, 1.54) is 0 Å². The molecule has 2 rings (SSSR count). The van der Waals surface area contributed by atoms with E-state index >= 15 is 0 Å². The Balaban J connectivity index is 2.05. The van der Waals surface area contributed by atoms with Gasteiger partial charge in [0.1, 0.15) is 0 Å². The molecular weight excluding hydrogens is 254 g/mol. The van der Waals surface area contributed by atoms with Gasteiger partial charge in [-0.1, -0.05) is 30.3 Å². The van der Waals surface area contributed by atoms with E-state index in [1.54, 1.807) is 4.90 Å². The molecule has 1 atom stereocenters. The highest BCUT2D eigenvalue weighted by Crippen LogP contribution is 2.12. The second-order valence-electron chi connectivity index (χ2n) is 5.15. The number of nitrogens with two attached hydrogens (primary N) is 1. The summed E-state index contributed by atoms with van der Waals surface area (Å²) in [6, 6.07) is 9.62. The largest absolute Gasteiger partial charge is 0.368 e. The van der Waals surface area contributed by atoms with Gasteiger partial charge < -0.3 is 16.0 Å². The number of carbonyl (C=O) groups excluding carboxylic acids is 2. The Morgan fingerprint density at radius 1 is 1.30 bits per heavy atom. The molecule has 1 aliphatic rings. The van der Waals surface area contributed by atoms with E-state index in [2.05, 4.69) is 5.32 Å². The van der Waals surface area contributed by atoms with E-state index in [-0.39, 0.29) is 18.5 Å². The highest BCUT2D eigenvalue weighted by atomic mass is 16.2. The van der Waals surface area contributed by atoms with Crippen molar-refractivity contribution in [1.29, 1.82) is 0 Å². The first kappa shape index (κ1) is 14.5. The van der Waals surface area contributed by atoms with E-state index in [1.807, 2.05) is 30.3 Å². The minimum Gasteiger partial charge on any atom is -0.368 e. The predicted octanol–water partition coefficient (Wildman–Crippen LogP) is 0.295. The van der Waals surface area contributed by atoms with Crippen LogP contribution in [-0.2, 0) is 16.0 Å². The second kappa shape index (κ2) is 7.05. The lowest BCUT2D eigenvalue weighted by molar-refractivity contribution is -0.137. The van der Waals surface area contributed by atoms with Crippen LogP contribution < -0.4 is 11.1 Å². The van der Waals surface area contributed by atoms with Gasteiger partial charge in [-0.15, -0.1) is 0 Å². The van der Waals surface area contributed by atoms with Crippen molar-refractivity contribution in [3.63, 3.8) is 0 Å². The first-order chi connectivity index (χ1) is 9.66. The Morgan fingerprint density at radius 3 is 2.65 bits per heavy atom. The molecule has 2 amide bonds.